The average Bonchev–Trinajstić information content (AvgIpc) is 2.99. The lowest BCUT2D eigenvalue weighted by Crippen LogP contribution is -2.37. The van der Waals surface area contributed by atoms with Gasteiger partial charge in [0.05, 0.1) is 18.5 Å². The normalized spacial score (nSPS) is 28.1. The van der Waals surface area contributed by atoms with Crippen LogP contribution < -0.4 is 4.90 Å². The third-order valence-electron chi connectivity index (χ3n) is 5.48. The molecule has 0 N–H and O–H groups in total. The standard InChI is InChI=1S/C18H29N3O/c1-20(9-10-22-2)12-15-5-3-6-16-13-21(14-18(15)16)17-7-4-8-19-11-17/h4,7-8,11,15-16,18H,3,5-6,9-10,12-14H2,1-2H3/t15-,16+,18+/m0/s1. The molecule has 1 saturated heterocycles. The second-order valence-electron chi connectivity index (χ2n) is 6.99. The van der Waals surface area contributed by atoms with Crippen molar-refractivity contribution >= 4 is 5.69 Å². The number of ether oxygens (including phenoxy) is 1. The molecular formula is C18H29N3O. The smallest absolute Gasteiger partial charge is 0.0589 e. The van der Waals surface area contributed by atoms with Crippen LogP contribution in [0.25, 0.3) is 0 Å². The first kappa shape index (κ1) is 15.8. The Bertz CT molecular complexity index is 453. The van der Waals surface area contributed by atoms with Gasteiger partial charge in [0.15, 0.2) is 0 Å². The van der Waals surface area contributed by atoms with Crippen molar-refractivity contribution < 1.29 is 4.74 Å². The Morgan fingerprint density at radius 3 is 3.05 bits per heavy atom. The molecule has 0 radical (unpaired) electrons. The molecule has 4 nitrogen and oxygen atoms in total. The molecule has 0 aromatic carbocycles. The Hall–Kier alpha value is -1.13. The van der Waals surface area contributed by atoms with Crippen LogP contribution in [0.15, 0.2) is 24.5 Å². The molecule has 2 aliphatic rings. The number of fused-ring (bicyclic) bond motifs is 1. The van der Waals surface area contributed by atoms with Gasteiger partial charge in [0.25, 0.3) is 0 Å². The Balaban J connectivity index is 1.61. The summed E-state index contributed by atoms with van der Waals surface area (Å²) in [6.07, 6.45) is 8.06. The number of hydrogen-bond acceptors (Lipinski definition) is 4. The summed E-state index contributed by atoms with van der Waals surface area (Å²) in [7, 11) is 4.02. The van der Waals surface area contributed by atoms with E-state index in [1.165, 1.54) is 44.6 Å². The summed E-state index contributed by atoms with van der Waals surface area (Å²) in [6.45, 7) is 5.51. The summed E-state index contributed by atoms with van der Waals surface area (Å²) in [5, 5.41) is 0. The number of rotatable bonds is 6. The maximum atomic E-state index is 5.21. The van der Waals surface area contributed by atoms with Gasteiger partial charge in [-0.05, 0) is 49.8 Å². The van der Waals surface area contributed by atoms with Crippen LogP contribution in [0.4, 0.5) is 5.69 Å². The summed E-state index contributed by atoms with van der Waals surface area (Å²) >= 11 is 0. The van der Waals surface area contributed by atoms with Crippen LogP contribution in [0.2, 0.25) is 0 Å². The number of aromatic nitrogens is 1. The average molecular weight is 303 g/mol. The van der Waals surface area contributed by atoms with Gasteiger partial charge in [-0.2, -0.15) is 0 Å². The van der Waals surface area contributed by atoms with Gasteiger partial charge in [-0.15, -0.1) is 0 Å². The van der Waals surface area contributed by atoms with Gasteiger partial charge in [0, 0.05) is 39.5 Å². The van der Waals surface area contributed by atoms with Crippen molar-refractivity contribution in [1.82, 2.24) is 9.88 Å². The van der Waals surface area contributed by atoms with E-state index in [-0.39, 0.29) is 0 Å². The van der Waals surface area contributed by atoms with Crippen molar-refractivity contribution in [1.29, 1.82) is 0 Å². The lowest BCUT2D eigenvalue weighted by Gasteiger charge is -2.35. The lowest BCUT2D eigenvalue weighted by atomic mass is 9.74. The van der Waals surface area contributed by atoms with Crippen molar-refractivity contribution in [2.45, 2.75) is 19.3 Å². The molecule has 3 rings (SSSR count). The quantitative estimate of drug-likeness (QED) is 0.807. The topological polar surface area (TPSA) is 28.6 Å². The van der Waals surface area contributed by atoms with E-state index in [0.717, 1.165) is 30.9 Å². The summed E-state index contributed by atoms with van der Waals surface area (Å²) in [6, 6.07) is 4.25. The minimum Gasteiger partial charge on any atom is -0.383 e. The fourth-order valence-corrected chi connectivity index (χ4v) is 4.31. The van der Waals surface area contributed by atoms with E-state index in [1.54, 1.807) is 7.11 Å². The van der Waals surface area contributed by atoms with Crippen LogP contribution in [0.3, 0.4) is 0 Å². The number of hydrogen-bond donors (Lipinski definition) is 0. The van der Waals surface area contributed by atoms with Crippen molar-refractivity contribution in [3.05, 3.63) is 24.5 Å². The molecule has 1 aromatic rings. The number of nitrogens with zero attached hydrogens (tertiary/aromatic N) is 3. The molecule has 4 heteroatoms. The molecule has 3 atom stereocenters. The highest BCUT2D eigenvalue weighted by Gasteiger charge is 2.40. The molecule has 22 heavy (non-hydrogen) atoms. The van der Waals surface area contributed by atoms with E-state index >= 15 is 0 Å². The van der Waals surface area contributed by atoms with E-state index in [2.05, 4.69) is 27.9 Å². The molecule has 1 aliphatic carbocycles. The fraction of sp³-hybridized carbons (Fsp3) is 0.722. The van der Waals surface area contributed by atoms with Gasteiger partial charge in [-0.25, -0.2) is 0 Å². The Kier molecular flexibility index (Phi) is 5.32. The molecule has 2 fully saturated rings. The van der Waals surface area contributed by atoms with Crippen molar-refractivity contribution in [2.24, 2.45) is 17.8 Å². The van der Waals surface area contributed by atoms with Crippen molar-refractivity contribution in [3.8, 4) is 0 Å². The van der Waals surface area contributed by atoms with Gasteiger partial charge < -0.3 is 14.5 Å². The third kappa shape index (κ3) is 3.61. The zero-order chi connectivity index (χ0) is 15.4. The minimum absolute atomic E-state index is 0.832. The number of likely N-dealkylation sites (N-methyl/N-ethyl adjacent to an activating group) is 1. The van der Waals surface area contributed by atoms with Gasteiger partial charge >= 0.3 is 0 Å². The molecule has 1 aliphatic heterocycles. The second-order valence-corrected chi connectivity index (χ2v) is 6.99. The van der Waals surface area contributed by atoms with Crippen LogP contribution >= 0.6 is 0 Å². The largest absolute Gasteiger partial charge is 0.383 e. The van der Waals surface area contributed by atoms with E-state index in [4.69, 9.17) is 4.74 Å². The first-order valence-corrected chi connectivity index (χ1v) is 8.60. The highest BCUT2D eigenvalue weighted by Crippen LogP contribution is 2.41. The van der Waals surface area contributed by atoms with E-state index < -0.39 is 0 Å². The molecule has 0 spiro atoms. The highest BCUT2D eigenvalue weighted by atomic mass is 16.5. The minimum atomic E-state index is 0.832. The zero-order valence-electron chi connectivity index (χ0n) is 13.9. The third-order valence-corrected chi connectivity index (χ3v) is 5.48. The van der Waals surface area contributed by atoms with E-state index in [9.17, 15) is 0 Å². The molecule has 2 heterocycles. The van der Waals surface area contributed by atoms with E-state index in [0.29, 0.717) is 0 Å². The summed E-state index contributed by atoms with van der Waals surface area (Å²) in [5.41, 5.74) is 1.29. The van der Waals surface area contributed by atoms with Crippen molar-refractivity contribution in [2.75, 3.05) is 51.8 Å². The van der Waals surface area contributed by atoms with Gasteiger partial charge in [0.1, 0.15) is 0 Å². The van der Waals surface area contributed by atoms with Gasteiger partial charge in [-0.1, -0.05) is 6.42 Å². The first-order chi connectivity index (χ1) is 10.8. The molecule has 122 valence electrons. The van der Waals surface area contributed by atoms with Crippen LogP contribution in [0, 0.1) is 17.8 Å². The Morgan fingerprint density at radius 2 is 2.27 bits per heavy atom. The van der Waals surface area contributed by atoms with Crippen molar-refractivity contribution in [3.63, 3.8) is 0 Å². The monoisotopic (exact) mass is 303 g/mol. The number of pyridine rings is 1. The lowest BCUT2D eigenvalue weighted by molar-refractivity contribution is 0.118. The maximum absolute atomic E-state index is 5.21. The molecule has 0 bridgehead atoms. The fourth-order valence-electron chi connectivity index (χ4n) is 4.31. The van der Waals surface area contributed by atoms with Crippen LogP contribution in [0.5, 0.6) is 0 Å². The molecular weight excluding hydrogens is 274 g/mol. The molecule has 1 aromatic heterocycles. The summed E-state index contributed by atoms with van der Waals surface area (Å²) in [5.74, 6) is 2.55. The number of anilines is 1. The van der Waals surface area contributed by atoms with Gasteiger partial charge in [-0.3, -0.25) is 4.98 Å². The van der Waals surface area contributed by atoms with Gasteiger partial charge in [0.2, 0.25) is 0 Å². The van der Waals surface area contributed by atoms with E-state index in [1.807, 2.05) is 18.5 Å². The van der Waals surface area contributed by atoms with Crippen LogP contribution in [-0.2, 0) is 4.74 Å². The SMILES string of the molecule is COCCN(C)C[C@@H]1CCC[C@@H]2CN(c3cccnc3)C[C@@H]21. The predicted molar refractivity (Wildman–Crippen MR) is 90.1 cm³/mol. The summed E-state index contributed by atoms with van der Waals surface area (Å²) in [4.78, 5) is 9.28. The highest BCUT2D eigenvalue weighted by molar-refractivity contribution is 5.45. The first-order valence-electron chi connectivity index (χ1n) is 8.60. The molecule has 0 amide bonds. The second kappa shape index (κ2) is 7.42. The Morgan fingerprint density at radius 1 is 1.36 bits per heavy atom. The van der Waals surface area contributed by atoms with Crippen LogP contribution in [-0.4, -0.2) is 56.8 Å². The Labute approximate surface area is 134 Å². The number of methoxy groups -OCH3 is 1. The molecule has 0 unspecified atom stereocenters. The molecule has 1 saturated carbocycles. The zero-order valence-corrected chi connectivity index (χ0v) is 13.9. The van der Waals surface area contributed by atoms with Crippen LogP contribution in [0.1, 0.15) is 19.3 Å². The summed E-state index contributed by atoms with van der Waals surface area (Å²) < 4.78 is 5.21. The maximum Gasteiger partial charge on any atom is 0.0589 e. The predicted octanol–water partition coefficient (Wildman–Crippen LogP) is 2.51.